The number of carbonyl (C=O) groups excluding carboxylic acids is 1. The monoisotopic (exact) mass is 644 g/mol. The van der Waals surface area contributed by atoms with E-state index in [9.17, 15) is 4.79 Å². The smallest absolute Gasteiger partial charge is 0.305 e. The lowest BCUT2D eigenvalue weighted by atomic mass is 9.87. The molecular formula is C34H65FO6Si2. The van der Waals surface area contributed by atoms with Crippen molar-refractivity contribution in [1.82, 2.24) is 0 Å². The first-order valence-electron chi connectivity index (χ1n) is 17.6. The van der Waals surface area contributed by atoms with Gasteiger partial charge in [0.05, 0.1) is 25.4 Å². The van der Waals surface area contributed by atoms with Crippen molar-refractivity contribution in [3.05, 3.63) is 12.2 Å². The maximum Gasteiger partial charge on any atom is 0.305 e. The van der Waals surface area contributed by atoms with Gasteiger partial charge in [-0.25, -0.2) is 4.39 Å². The van der Waals surface area contributed by atoms with E-state index in [1.54, 1.807) is 7.11 Å². The molecule has 2 aliphatic rings. The van der Waals surface area contributed by atoms with E-state index < -0.39 is 28.6 Å². The van der Waals surface area contributed by atoms with Crippen LogP contribution in [0.1, 0.15) is 106 Å². The molecule has 1 aliphatic heterocycles. The number of carbonyl (C=O) groups is 1. The van der Waals surface area contributed by atoms with Gasteiger partial charge in [-0.15, -0.1) is 0 Å². The Bertz CT molecular complexity index is 819. The molecule has 1 aliphatic carbocycles. The minimum Gasteiger partial charge on any atom is -0.469 e. The zero-order valence-electron chi connectivity index (χ0n) is 29.1. The van der Waals surface area contributed by atoms with E-state index in [0.29, 0.717) is 12.8 Å². The molecule has 2 rings (SSSR count). The third-order valence-corrected chi connectivity index (χ3v) is 20.3. The lowest BCUT2D eigenvalue weighted by Crippen LogP contribution is -2.45. The predicted molar refractivity (Wildman–Crippen MR) is 179 cm³/mol. The van der Waals surface area contributed by atoms with Gasteiger partial charge < -0.3 is 23.1 Å². The van der Waals surface area contributed by atoms with Crippen LogP contribution in [0.2, 0.25) is 36.3 Å². The highest BCUT2D eigenvalue weighted by Crippen LogP contribution is 2.52. The third-order valence-electron chi connectivity index (χ3n) is 10.9. The molecule has 0 spiro atoms. The minimum atomic E-state index is -1.87. The molecule has 1 heterocycles. The molecule has 0 aromatic carbocycles. The Morgan fingerprint density at radius 1 is 0.930 bits per heavy atom. The molecule has 0 aromatic heterocycles. The summed E-state index contributed by atoms with van der Waals surface area (Å²) in [5.41, 5.74) is 0. The van der Waals surface area contributed by atoms with Crippen LogP contribution in [-0.4, -0.2) is 67.1 Å². The second-order valence-corrected chi connectivity index (χ2v) is 22.4. The van der Waals surface area contributed by atoms with Gasteiger partial charge in [-0.3, -0.25) is 4.79 Å². The van der Waals surface area contributed by atoms with Crippen molar-refractivity contribution in [3.63, 3.8) is 0 Å². The number of esters is 1. The molecule has 9 heteroatoms. The maximum absolute atomic E-state index is 15.8. The van der Waals surface area contributed by atoms with Gasteiger partial charge in [0.15, 0.2) is 28.6 Å². The van der Waals surface area contributed by atoms with Gasteiger partial charge in [0.2, 0.25) is 0 Å². The molecule has 0 N–H and O–H groups in total. The Labute approximate surface area is 265 Å². The summed E-state index contributed by atoms with van der Waals surface area (Å²) in [7, 11) is -0.742. The van der Waals surface area contributed by atoms with Crippen LogP contribution in [0.5, 0.6) is 0 Å². The quantitative estimate of drug-likeness (QED) is 0.0507. The third kappa shape index (κ3) is 9.95. The summed E-state index contributed by atoms with van der Waals surface area (Å²) < 4.78 is 47.1. The van der Waals surface area contributed by atoms with Gasteiger partial charge >= 0.3 is 5.97 Å². The standard InChI is InChI=1S/C34H65FO6Si2/c1-10-17-18-20-27(40-42(11-2,12-3)13-4)23-24-28-29-26-34(38-9,32(35)21-19-22-33(36)37-8)39-30(29)25-31(28)41-43(14-5,15-6)16-7/h23-24,27-32H,10-22,25-26H2,1-9H3/b24-23+/t27-,28?,29+,30-,31+,32+,34-/m0/s1. The summed E-state index contributed by atoms with van der Waals surface area (Å²) in [6, 6.07) is 6.68. The SMILES string of the molecule is CCCCC[C@@H](/C=C/C1[C@H]2C[C@@](OC)([C@H](F)CCCC(=O)OC)O[C@H]2C[C@H]1O[Si](CC)(CC)CC)O[Si](CC)(CC)CC. The van der Waals surface area contributed by atoms with Crippen molar-refractivity contribution in [3.8, 4) is 0 Å². The average molecular weight is 645 g/mol. The summed E-state index contributed by atoms with van der Waals surface area (Å²) in [6.07, 6.45) is 10.1. The Morgan fingerprint density at radius 3 is 2.09 bits per heavy atom. The first-order valence-corrected chi connectivity index (χ1v) is 22.6. The number of hydrogen-bond acceptors (Lipinski definition) is 6. The number of ether oxygens (including phenoxy) is 3. The number of fused-ring (bicyclic) bond motifs is 1. The van der Waals surface area contributed by atoms with Crippen LogP contribution in [-0.2, 0) is 27.9 Å². The zero-order chi connectivity index (χ0) is 32.1. The topological polar surface area (TPSA) is 63.2 Å². The highest BCUT2D eigenvalue weighted by Gasteiger charge is 2.59. The average Bonchev–Trinajstić information content (AvgIpc) is 3.55. The molecule has 0 amide bonds. The van der Waals surface area contributed by atoms with Crippen LogP contribution in [0.4, 0.5) is 4.39 Å². The predicted octanol–water partition coefficient (Wildman–Crippen LogP) is 9.35. The Kier molecular flexibility index (Phi) is 16.6. The first kappa shape index (κ1) is 38.6. The molecule has 1 saturated carbocycles. The number of rotatable bonds is 22. The van der Waals surface area contributed by atoms with E-state index in [0.717, 1.165) is 55.5 Å². The van der Waals surface area contributed by atoms with E-state index in [2.05, 4.69) is 60.6 Å². The second kappa shape index (κ2) is 18.5. The molecule has 0 radical (unpaired) electrons. The van der Waals surface area contributed by atoms with Crippen molar-refractivity contribution >= 4 is 22.6 Å². The molecule has 1 saturated heterocycles. The van der Waals surface area contributed by atoms with E-state index in [1.165, 1.54) is 20.0 Å². The Balaban J connectivity index is 2.37. The number of halogens is 1. The van der Waals surface area contributed by atoms with Gasteiger partial charge in [0, 0.05) is 25.9 Å². The lowest BCUT2D eigenvalue weighted by Gasteiger charge is -2.37. The van der Waals surface area contributed by atoms with Crippen molar-refractivity contribution < 1.29 is 32.2 Å². The van der Waals surface area contributed by atoms with Crippen molar-refractivity contribution in [2.75, 3.05) is 14.2 Å². The summed E-state index contributed by atoms with van der Waals surface area (Å²) in [6.45, 7) is 15.9. The summed E-state index contributed by atoms with van der Waals surface area (Å²) in [5.74, 6) is -1.37. The summed E-state index contributed by atoms with van der Waals surface area (Å²) in [5, 5.41) is 0. The zero-order valence-corrected chi connectivity index (χ0v) is 31.1. The highest BCUT2D eigenvalue weighted by molar-refractivity contribution is 6.74. The number of hydrogen-bond donors (Lipinski definition) is 0. The molecule has 0 aromatic rings. The largest absolute Gasteiger partial charge is 0.469 e. The first-order chi connectivity index (χ1) is 20.6. The van der Waals surface area contributed by atoms with Crippen LogP contribution < -0.4 is 0 Å². The molecule has 7 atom stereocenters. The van der Waals surface area contributed by atoms with E-state index in [-0.39, 0.29) is 49.0 Å². The van der Waals surface area contributed by atoms with E-state index in [4.69, 9.17) is 23.1 Å². The maximum atomic E-state index is 15.8. The second-order valence-electron chi connectivity index (χ2n) is 13.0. The van der Waals surface area contributed by atoms with Gasteiger partial charge in [-0.05, 0) is 67.9 Å². The molecule has 43 heavy (non-hydrogen) atoms. The number of unbranched alkanes of at least 4 members (excludes halogenated alkanes) is 2. The normalized spacial score (nSPS) is 27.5. The number of alkyl halides is 1. The van der Waals surface area contributed by atoms with Gasteiger partial charge in [0.25, 0.3) is 0 Å². The summed E-state index contributed by atoms with van der Waals surface area (Å²) in [4.78, 5) is 11.6. The Hall–Kier alpha value is -0.586. The fourth-order valence-electron chi connectivity index (χ4n) is 7.41. The minimum absolute atomic E-state index is 0.0619. The van der Waals surface area contributed by atoms with Crippen LogP contribution >= 0.6 is 0 Å². The van der Waals surface area contributed by atoms with Crippen molar-refractivity contribution in [2.45, 2.75) is 173 Å². The molecule has 6 nitrogen and oxygen atoms in total. The lowest BCUT2D eigenvalue weighted by molar-refractivity contribution is -0.248. The van der Waals surface area contributed by atoms with E-state index in [1.807, 2.05) is 0 Å². The van der Waals surface area contributed by atoms with Gasteiger partial charge in [-0.1, -0.05) is 79.9 Å². The molecule has 0 bridgehead atoms. The van der Waals surface area contributed by atoms with Crippen molar-refractivity contribution in [2.24, 2.45) is 11.8 Å². The molecule has 252 valence electrons. The van der Waals surface area contributed by atoms with Crippen molar-refractivity contribution in [1.29, 1.82) is 0 Å². The Morgan fingerprint density at radius 2 is 1.56 bits per heavy atom. The van der Waals surface area contributed by atoms with Crippen LogP contribution in [0.3, 0.4) is 0 Å². The van der Waals surface area contributed by atoms with Crippen LogP contribution in [0.15, 0.2) is 12.2 Å². The van der Waals surface area contributed by atoms with E-state index >= 15 is 4.39 Å². The molecule has 2 fully saturated rings. The highest BCUT2D eigenvalue weighted by atomic mass is 28.4. The number of methoxy groups -OCH3 is 2. The fourth-order valence-corrected chi connectivity index (χ4v) is 13.1. The van der Waals surface area contributed by atoms with Gasteiger partial charge in [0.1, 0.15) is 0 Å². The molecule has 1 unspecified atom stereocenters. The molecular weight excluding hydrogens is 580 g/mol. The summed E-state index contributed by atoms with van der Waals surface area (Å²) >= 11 is 0. The fraction of sp³-hybridized carbons (Fsp3) is 0.912. The van der Waals surface area contributed by atoms with Crippen LogP contribution in [0, 0.1) is 11.8 Å². The van der Waals surface area contributed by atoms with Crippen LogP contribution in [0.25, 0.3) is 0 Å². The van der Waals surface area contributed by atoms with Gasteiger partial charge in [-0.2, -0.15) is 0 Å².